The van der Waals surface area contributed by atoms with E-state index in [-0.39, 0.29) is 12.5 Å². The highest BCUT2D eigenvalue weighted by molar-refractivity contribution is 5.81. The lowest BCUT2D eigenvalue weighted by atomic mass is 9.87. The van der Waals surface area contributed by atoms with E-state index in [0.717, 1.165) is 46.8 Å². The van der Waals surface area contributed by atoms with Gasteiger partial charge in [0.15, 0.2) is 0 Å². The third-order valence-corrected chi connectivity index (χ3v) is 6.14. The van der Waals surface area contributed by atoms with Crippen LogP contribution in [0.15, 0.2) is 42.5 Å². The summed E-state index contributed by atoms with van der Waals surface area (Å²) in [4.78, 5) is 15.9. The highest BCUT2D eigenvalue weighted by Crippen LogP contribution is 2.37. The minimum atomic E-state index is -0.779. The number of aromatic nitrogens is 2. The second-order valence-electron chi connectivity index (χ2n) is 9.26. The van der Waals surface area contributed by atoms with Crippen molar-refractivity contribution in [1.82, 2.24) is 9.55 Å². The summed E-state index contributed by atoms with van der Waals surface area (Å²) in [7, 11) is 0. The maximum absolute atomic E-state index is 11.0. The van der Waals surface area contributed by atoms with Crippen LogP contribution in [0.5, 0.6) is 5.75 Å². The summed E-state index contributed by atoms with van der Waals surface area (Å²) in [6.07, 6.45) is 5.57. The fourth-order valence-electron chi connectivity index (χ4n) is 4.66. The average molecular weight is 436 g/mol. The smallest absolute Gasteiger partial charge is 0.303 e. The maximum atomic E-state index is 11.0. The Morgan fingerprint density at radius 2 is 2.00 bits per heavy atom. The molecule has 0 saturated heterocycles. The largest absolute Gasteiger partial charge is 0.491 e. The number of hydrogen-bond donors (Lipinski definition) is 2. The molecular formula is C26H33N3O3. The van der Waals surface area contributed by atoms with Gasteiger partial charge in [0.1, 0.15) is 5.75 Å². The molecule has 2 atom stereocenters. The molecule has 1 aliphatic rings. The molecule has 1 fully saturated rings. The summed E-state index contributed by atoms with van der Waals surface area (Å²) in [5.41, 5.74) is 3.98. The first-order chi connectivity index (χ1) is 15.4. The Morgan fingerprint density at radius 1 is 1.22 bits per heavy atom. The van der Waals surface area contributed by atoms with Crippen LogP contribution in [-0.2, 0) is 11.2 Å². The number of imidazole rings is 1. The van der Waals surface area contributed by atoms with E-state index >= 15 is 0 Å². The van der Waals surface area contributed by atoms with Crippen LogP contribution in [0, 0.1) is 5.92 Å². The Kier molecular flexibility index (Phi) is 6.68. The summed E-state index contributed by atoms with van der Waals surface area (Å²) in [5, 5.41) is 12.6. The number of carbonyl (C=O) groups is 1. The summed E-state index contributed by atoms with van der Waals surface area (Å²) < 4.78 is 8.11. The van der Waals surface area contributed by atoms with E-state index in [2.05, 4.69) is 22.9 Å². The minimum absolute atomic E-state index is 0.127. The summed E-state index contributed by atoms with van der Waals surface area (Å²) in [6, 6.07) is 14.6. The second kappa shape index (κ2) is 9.63. The number of fused-ring (bicyclic) bond motifs is 1. The number of rotatable bonds is 8. The summed E-state index contributed by atoms with van der Waals surface area (Å²) in [6.45, 7) is 6.37. The van der Waals surface area contributed by atoms with Gasteiger partial charge in [0.25, 0.3) is 0 Å². The molecule has 0 aliphatic heterocycles. The molecule has 2 aromatic carbocycles. The van der Waals surface area contributed by atoms with Crippen LogP contribution in [0.25, 0.3) is 11.0 Å². The van der Waals surface area contributed by atoms with Crippen LogP contribution < -0.4 is 10.1 Å². The van der Waals surface area contributed by atoms with Crippen LogP contribution in [0.1, 0.15) is 64.5 Å². The zero-order valence-electron chi connectivity index (χ0n) is 19.2. The van der Waals surface area contributed by atoms with Crippen LogP contribution in [0.2, 0.25) is 0 Å². The van der Waals surface area contributed by atoms with Crippen LogP contribution >= 0.6 is 0 Å². The van der Waals surface area contributed by atoms with Crippen LogP contribution in [0.3, 0.4) is 0 Å². The fourth-order valence-corrected chi connectivity index (χ4v) is 4.66. The Bertz CT molecular complexity index is 1070. The average Bonchev–Trinajstić information content (AvgIpc) is 3.10. The van der Waals surface area contributed by atoms with Gasteiger partial charge in [-0.05, 0) is 81.0 Å². The molecule has 2 unspecified atom stereocenters. The van der Waals surface area contributed by atoms with Gasteiger partial charge in [-0.25, -0.2) is 4.98 Å². The number of benzene rings is 2. The molecular weight excluding hydrogens is 402 g/mol. The molecule has 1 aromatic heterocycles. The zero-order chi connectivity index (χ0) is 22.7. The third-order valence-electron chi connectivity index (χ3n) is 6.14. The van der Waals surface area contributed by atoms with E-state index in [9.17, 15) is 4.79 Å². The number of hydrogen-bond acceptors (Lipinski definition) is 4. The Morgan fingerprint density at radius 3 is 2.69 bits per heavy atom. The normalized spacial score (nSPS) is 18.8. The predicted octanol–water partition coefficient (Wildman–Crippen LogP) is 6.34. The molecule has 1 saturated carbocycles. The monoisotopic (exact) mass is 435 g/mol. The lowest BCUT2D eigenvalue weighted by Crippen LogP contribution is -2.19. The number of aryl methyl sites for hydroxylation is 1. The van der Waals surface area contributed by atoms with E-state index in [0.29, 0.717) is 18.4 Å². The number of ether oxygens (including phenoxy) is 1. The summed E-state index contributed by atoms with van der Waals surface area (Å²) >= 11 is 0. The lowest BCUT2D eigenvalue weighted by Gasteiger charge is -2.29. The maximum Gasteiger partial charge on any atom is 0.303 e. The molecule has 1 heterocycles. The molecule has 0 bridgehead atoms. The Hall–Kier alpha value is -3.02. The van der Waals surface area contributed by atoms with Crippen molar-refractivity contribution in [2.45, 2.75) is 71.4 Å². The number of carboxylic acids is 1. The van der Waals surface area contributed by atoms with Crippen molar-refractivity contribution >= 4 is 28.6 Å². The Labute approximate surface area is 189 Å². The van der Waals surface area contributed by atoms with Crippen molar-refractivity contribution in [3.05, 3.63) is 48.0 Å². The van der Waals surface area contributed by atoms with E-state index < -0.39 is 5.97 Å². The van der Waals surface area contributed by atoms with Gasteiger partial charge in [0, 0.05) is 18.2 Å². The fraction of sp³-hybridized carbons (Fsp3) is 0.462. The SMILES string of the molecule is CC1CCCC(n2c(Nc3ccc(OC(C)C)cc3)nc3cc(CCC(=O)O)ccc32)C1. The number of nitrogens with one attached hydrogen (secondary N) is 1. The summed E-state index contributed by atoms with van der Waals surface area (Å²) in [5.74, 6) is 1.61. The quantitative estimate of drug-likeness (QED) is 0.432. The van der Waals surface area contributed by atoms with E-state index in [4.69, 9.17) is 14.8 Å². The van der Waals surface area contributed by atoms with E-state index in [1.165, 1.54) is 12.8 Å². The second-order valence-corrected chi connectivity index (χ2v) is 9.26. The van der Waals surface area contributed by atoms with Gasteiger partial charge in [0.2, 0.25) is 5.95 Å². The van der Waals surface area contributed by atoms with Gasteiger partial charge < -0.3 is 19.7 Å². The number of anilines is 2. The number of carboxylic acid groups (broad SMARTS) is 1. The molecule has 6 heteroatoms. The molecule has 0 radical (unpaired) electrons. The minimum Gasteiger partial charge on any atom is -0.491 e. The lowest BCUT2D eigenvalue weighted by molar-refractivity contribution is -0.136. The third kappa shape index (κ3) is 5.23. The van der Waals surface area contributed by atoms with Gasteiger partial charge in [-0.15, -0.1) is 0 Å². The van der Waals surface area contributed by atoms with Crippen molar-refractivity contribution in [3.8, 4) is 5.75 Å². The predicted molar refractivity (Wildman–Crippen MR) is 128 cm³/mol. The molecule has 0 spiro atoms. The molecule has 32 heavy (non-hydrogen) atoms. The zero-order valence-corrected chi connectivity index (χ0v) is 19.2. The van der Waals surface area contributed by atoms with Crippen LogP contribution in [0.4, 0.5) is 11.6 Å². The van der Waals surface area contributed by atoms with Gasteiger partial charge in [-0.2, -0.15) is 0 Å². The van der Waals surface area contributed by atoms with Gasteiger partial charge >= 0.3 is 5.97 Å². The van der Waals surface area contributed by atoms with Crippen molar-refractivity contribution in [1.29, 1.82) is 0 Å². The van der Waals surface area contributed by atoms with Gasteiger partial charge in [-0.1, -0.05) is 25.8 Å². The Balaban J connectivity index is 1.67. The van der Waals surface area contributed by atoms with E-state index in [1.807, 2.05) is 50.2 Å². The molecule has 1 aliphatic carbocycles. The van der Waals surface area contributed by atoms with Crippen molar-refractivity contribution in [2.24, 2.45) is 5.92 Å². The van der Waals surface area contributed by atoms with Gasteiger partial charge in [-0.3, -0.25) is 4.79 Å². The molecule has 4 rings (SSSR count). The first-order valence-electron chi connectivity index (χ1n) is 11.7. The molecule has 6 nitrogen and oxygen atoms in total. The first kappa shape index (κ1) is 22.2. The van der Waals surface area contributed by atoms with E-state index in [1.54, 1.807) is 0 Å². The van der Waals surface area contributed by atoms with Crippen LogP contribution in [-0.4, -0.2) is 26.7 Å². The van der Waals surface area contributed by atoms with Gasteiger partial charge in [0.05, 0.1) is 17.1 Å². The first-order valence-corrected chi connectivity index (χ1v) is 11.7. The van der Waals surface area contributed by atoms with Crippen molar-refractivity contribution < 1.29 is 14.6 Å². The highest BCUT2D eigenvalue weighted by Gasteiger charge is 2.25. The number of aliphatic carboxylic acids is 1. The molecule has 0 amide bonds. The number of nitrogens with zero attached hydrogens (tertiary/aromatic N) is 2. The topological polar surface area (TPSA) is 76.4 Å². The molecule has 3 aromatic rings. The molecule has 2 N–H and O–H groups in total. The molecule has 170 valence electrons. The standard InChI is InChI=1S/C26H33N3O3/c1-17(2)32-22-11-9-20(10-12-22)27-26-28-23-16-19(8-14-25(30)31)7-13-24(23)29(26)21-6-4-5-18(3)15-21/h7,9-13,16-18,21H,4-6,8,14-15H2,1-3H3,(H,27,28)(H,30,31). The van der Waals surface area contributed by atoms with Crippen molar-refractivity contribution in [3.63, 3.8) is 0 Å². The highest BCUT2D eigenvalue weighted by atomic mass is 16.5. The van der Waals surface area contributed by atoms with Crippen molar-refractivity contribution in [2.75, 3.05) is 5.32 Å².